The van der Waals surface area contributed by atoms with Gasteiger partial charge in [0.05, 0.1) is 4.90 Å². The predicted molar refractivity (Wildman–Crippen MR) is 83.1 cm³/mol. The van der Waals surface area contributed by atoms with E-state index in [9.17, 15) is 13.5 Å². The molecular formula is C15H16N4O3S. The Morgan fingerprint density at radius 2 is 2.00 bits per heavy atom. The highest BCUT2D eigenvalue weighted by Gasteiger charge is 2.17. The van der Waals surface area contributed by atoms with Crippen molar-refractivity contribution in [3.63, 3.8) is 0 Å². The lowest BCUT2D eigenvalue weighted by Crippen LogP contribution is -2.10. The summed E-state index contributed by atoms with van der Waals surface area (Å²) in [4.78, 5) is 4.13. The van der Waals surface area contributed by atoms with Gasteiger partial charge in [-0.3, -0.25) is 5.10 Å². The molecule has 0 aliphatic rings. The summed E-state index contributed by atoms with van der Waals surface area (Å²) in [6.45, 7) is 0. The first-order valence-electron chi connectivity index (χ1n) is 7.08. The van der Waals surface area contributed by atoms with Crippen LogP contribution in [0.5, 0.6) is 0 Å². The fraction of sp³-hybridized carbons (Fsp3) is 0.200. The number of aryl methyl sites for hydroxylation is 1. The fourth-order valence-corrected chi connectivity index (χ4v) is 3.49. The van der Waals surface area contributed by atoms with E-state index < -0.39 is 16.1 Å². The molecule has 2 N–H and O–H groups in total. The number of hydrogen-bond donors (Lipinski definition) is 2. The molecule has 2 aromatic heterocycles. The van der Waals surface area contributed by atoms with Gasteiger partial charge in [0.1, 0.15) is 12.4 Å². The largest absolute Gasteiger partial charge is 0.385 e. The maximum Gasteiger partial charge on any atom is 0.267 e. The Morgan fingerprint density at radius 1 is 1.22 bits per heavy atom. The quantitative estimate of drug-likeness (QED) is 0.712. The number of aromatic nitrogens is 4. The van der Waals surface area contributed by atoms with Gasteiger partial charge in [-0.1, -0.05) is 18.2 Å². The summed E-state index contributed by atoms with van der Waals surface area (Å²) >= 11 is 0. The molecule has 23 heavy (non-hydrogen) atoms. The zero-order chi connectivity index (χ0) is 16.3. The van der Waals surface area contributed by atoms with Gasteiger partial charge in [0.15, 0.2) is 5.82 Å². The van der Waals surface area contributed by atoms with E-state index >= 15 is 0 Å². The standard InChI is InChI=1S/C15H16N4O3S/c20-14(15-16-11-17-18-15)7-6-12-8-9-19(10-12)23(21,22)13-4-2-1-3-5-13/h1-5,8-11,14,20H,6-7H2,(H,16,17,18). The molecule has 0 saturated carbocycles. The number of hydrogen-bond acceptors (Lipinski definition) is 5. The van der Waals surface area contributed by atoms with Gasteiger partial charge in [-0.05, 0) is 36.6 Å². The third-order valence-corrected chi connectivity index (χ3v) is 5.15. The van der Waals surface area contributed by atoms with Crippen molar-refractivity contribution in [3.8, 4) is 0 Å². The lowest BCUT2D eigenvalue weighted by atomic mass is 10.1. The van der Waals surface area contributed by atoms with Crippen molar-refractivity contribution in [3.05, 3.63) is 66.5 Å². The molecule has 2 heterocycles. The van der Waals surface area contributed by atoms with Crippen LogP contribution in [-0.2, 0) is 16.4 Å². The van der Waals surface area contributed by atoms with Crippen LogP contribution in [0.15, 0.2) is 60.0 Å². The molecule has 0 amide bonds. The van der Waals surface area contributed by atoms with Crippen LogP contribution in [-0.4, -0.2) is 32.7 Å². The number of rotatable bonds is 6. The second-order valence-corrected chi connectivity index (χ2v) is 6.94. The number of H-pyrrole nitrogens is 1. The van der Waals surface area contributed by atoms with Gasteiger partial charge in [-0.15, -0.1) is 0 Å². The van der Waals surface area contributed by atoms with Crippen molar-refractivity contribution in [2.45, 2.75) is 23.8 Å². The molecule has 1 atom stereocenters. The molecule has 1 aromatic carbocycles. The molecule has 120 valence electrons. The Morgan fingerprint density at radius 3 is 2.70 bits per heavy atom. The minimum atomic E-state index is -3.57. The molecule has 0 radical (unpaired) electrons. The van der Waals surface area contributed by atoms with E-state index in [2.05, 4.69) is 15.2 Å². The number of benzene rings is 1. The van der Waals surface area contributed by atoms with E-state index in [1.165, 1.54) is 16.5 Å². The van der Waals surface area contributed by atoms with Crippen LogP contribution in [0.25, 0.3) is 0 Å². The van der Waals surface area contributed by atoms with E-state index in [4.69, 9.17) is 0 Å². The maximum absolute atomic E-state index is 12.5. The van der Waals surface area contributed by atoms with Crippen molar-refractivity contribution in [2.75, 3.05) is 0 Å². The number of nitrogens with one attached hydrogen (secondary N) is 1. The van der Waals surface area contributed by atoms with Gasteiger partial charge < -0.3 is 5.11 Å². The van der Waals surface area contributed by atoms with E-state index in [-0.39, 0.29) is 4.90 Å². The third-order valence-electron chi connectivity index (χ3n) is 3.50. The van der Waals surface area contributed by atoms with Crippen LogP contribution in [0.1, 0.15) is 23.9 Å². The minimum absolute atomic E-state index is 0.240. The average molecular weight is 332 g/mol. The van der Waals surface area contributed by atoms with Crippen molar-refractivity contribution < 1.29 is 13.5 Å². The van der Waals surface area contributed by atoms with Crippen molar-refractivity contribution in [2.24, 2.45) is 0 Å². The highest BCUT2D eigenvalue weighted by molar-refractivity contribution is 7.90. The first-order chi connectivity index (χ1) is 11.1. The molecule has 0 bridgehead atoms. The Balaban J connectivity index is 1.71. The smallest absolute Gasteiger partial charge is 0.267 e. The SMILES string of the molecule is O=S(=O)(c1ccccc1)n1ccc(CCC(O)c2ncn[nH]2)c1. The molecule has 0 aliphatic heterocycles. The minimum Gasteiger partial charge on any atom is -0.385 e. The number of aromatic amines is 1. The first-order valence-corrected chi connectivity index (χ1v) is 8.52. The second kappa shape index (κ2) is 6.35. The summed E-state index contributed by atoms with van der Waals surface area (Å²) < 4.78 is 26.1. The highest BCUT2D eigenvalue weighted by Crippen LogP contribution is 2.18. The summed E-state index contributed by atoms with van der Waals surface area (Å²) in [5.41, 5.74) is 0.822. The normalized spacial score (nSPS) is 13.1. The average Bonchev–Trinajstić information content (AvgIpc) is 3.25. The molecular weight excluding hydrogens is 316 g/mol. The molecule has 8 heteroatoms. The zero-order valence-corrected chi connectivity index (χ0v) is 13.0. The fourth-order valence-electron chi connectivity index (χ4n) is 2.25. The van der Waals surface area contributed by atoms with Gasteiger partial charge >= 0.3 is 0 Å². The number of nitrogens with zero attached hydrogens (tertiary/aromatic N) is 3. The molecule has 0 spiro atoms. The van der Waals surface area contributed by atoms with Gasteiger partial charge in [-0.2, -0.15) is 5.10 Å². The first kappa shape index (κ1) is 15.4. The molecule has 3 aromatic rings. The maximum atomic E-state index is 12.5. The van der Waals surface area contributed by atoms with Crippen LogP contribution in [0, 0.1) is 0 Å². The Bertz CT molecular complexity index is 857. The topological polar surface area (TPSA) is 101 Å². The summed E-state index contributed by atoms with van der Waals surface area (Å²) in [5, 5.41) is 16.3. The lowest BCUT2D eigenvalue weighted by molar-refractivity contribution is 0.158. The molecule has 1 unspecified atom stereocenters. The van der Waals surface area contributed by atoms with E-state index in [1.54, 1.807) is 42.6 Å². The van der Waals surface area contributed by atoms with Gasteiger partial charge in [-0.25, -0.2) is 17.4 Å². The monoisotopic (exact) mass is 332 g/mol. The summed E-state index contributed by atoms with van der Waals surface area (Å²) in [6.07, 6.45) is 4.60. The van der Waals surface area contributed by atoms with Gasteiger partial charge in [0.25, 0.3) is 10.0 Å². The van der Waals surface area contributed by atoms with Gasteiger partial charge in [0.2, 0.25) is 0 Å². The van der Waals surface area contributed by atoms with E-state index in [0.29, 0.717) is 18.7 Å². The highest BCUT2D eigenvalue weighted by atomic mass is 32.2. The molecule has 0 aliphatic carbocycles. The van der Waals surface area contributed by atoms with E-state index in [0.717, 1.165) is 5.56 Å². The van der Waals surface area contributed by atoms with Crippen LogP contribution < -0.4 is 0 Å². The third kappa shape index (κ3) is 3.33. The zero-order valence-electron chi connectivity index (χ0n) is 12.2. The van der Waals surface area contributed by atoms with Crippen LogP contribution in [0.2, 0.25) is 0 Å². The number of aliphatic hydroxyl groups is 1. The van der Waals surface area contributed by atoms with Crippen molar-refractivity contribution in [1.29, 1.82) is 0 Å². The van der Waals surface area contributed by atoms with Crippen LogP contribution >= 0.6 is 0 Å². The second-order valence-electron chi connectivity index (χ2n) is 5.09. The summed E-state index contributed by atoms with van der Waals surface area (Å²) in [5.74, 6) is 0.404. The van der Waals surface area contributed by atoms with Gasteiger partial charge in [0, 0.05) is 12.4 Å². The summed E-state index contributed by atoms with van der Waals surface area (Å²) in [6, 6.07) is 9.99. The molecule has 3 rings (SSSR count). The van der Waals surface area contributed by atoms with E-state index in [1.807, 2.05) is 0 Å². The molecule has 7 nitrogen and oxygen atoms in total. The van der Waals surface area contributed by atoms with Crippen LogP contribution in [0.4, 0.5) is 0 Å². The molecule has 0 fully saturated rings. The lowest BCUT2D eigenvalue weighted by Gasteiger charge is -2.06. The Labute approximate surface area is 133 Å². The Kier molecular flexibility index (Phi) is 4.26. The molecule has 0 saturated heterocycles. The predicted octanol–water partition coefficient (Wildman–Crippen LogP) is 1.51. The summed E-state index contributed by atoms with van der Waals surface area (Å²) in [7, 11) is -3.57. The Hall–Kier alpha value is -2.45. The van der Waals surface area contributed by atoms with Crippen LogP contribution in [0.3, 0.4) is 0 Å². The van der Waals surface area contributed by atoms with Crippen molar-refractivity contribution in [1.82, 2.24) is 19.2 Å². The number of aliphatic hydroxyl groups excluding tert-OH is 1. The van der Waals surface area contributed by atoms with Crippen molar-refractivity contribution >= 4 is 10.0 Å².